The van der Waals surface area contributed by atoms with Gasteiger partial charge in [-0.3, -0.25) is 19.4 Å². The molecule has 4 rings (SSSR count). The number of para-hydroxylation sites is 2. The molecule has 1 aromatic rings. The number of rotatable bonds is 7. The van der Waals surface area contributed by atoms with Crippen molar-refractivity contribution in [2.75, 3.05) is 50.8 Å². The summed E-state index contributed by atoms with van der Waals surface area (Å²) in [6, 6.07) is 8.07. The molecule has 1 N–H and O–H groups in total. The average Bonchev–Trinajstić information content (AvgIpc) is 3.00. The van der Waals surface area contributed by atoms with Crippen LogP contribution in [0.2, 0.25) is 0 Å². The first-order valence-corrected chi connectivity index (χ1v) is 11.0. The van der Waals surface area contributed by atoms with E-state index in [0.717, 1.165) is 37.6 Å². The maximum atomic E-state index is 12.6. The molecule has 2 amide bonds. The third-order valence-corrected chi connectivity index (χ3v) is 6.34. The number of allylic oxidation sites excluding steroid dienone is 2. The number of amides is 2. The third kappa shape index (κ3) is 4.23. The van der Waals surface area contributed by atoms with E-state index >= 15 is 0 Å². The lowest BCUT2D eigenvalue weighted by Gasteiger charge is -2.37. The summed E-state index contributed by atoms with van der Waals surface area (Å²) in [4.78, 5) is 31.0. The zero-order valence-electron chi connectivity index (χ0n) is 17.6. The predicted octanol–water partition coefficient (Wildman–Crippen LogP) is 1.52. The van der Waals surface area contributed by atoms with E-state index in [0.29, 0.717) is 26.0 Å². The Bertz CT molecular complexity index is 777. The van der Waals surface area contributed by atoms with Crippen molar-refractivity contribution in [3.05, 3.63) is 36.4 Å². The molecule has 1 aliphatic carbocycles. The first-order valence-electron chi connectivity index (χ1n) is 11.0. The highest BCUT2D eigenvalue weighted by Crippen LogP contribution is 2.35. The van der Waals surface area contributed by atoms with Gasteiger partial charge in [-0.05, 0) is 31.9 Å². The lowest BCUT2D eigenvalue weighted by atomic mass is 9.85. The number of carbonyl (C=O) groups excluding carboxylic acids is 2. The van der Waals surface area contributed by atoms with Gasteiger partial charge < -0.3 is 14.7 Å². The number of carbonyl (C=O) groups is 2. The smallest absolute Gasteiger partial charge is 0.233 e. The largest absolute Gasteiger partial charge is 0.492 e. The van der Waals surface area contributed by atoms with Gasteiger partial charge in [0.25, 0.3) is 0 Å². The minimum Gasteiger partial charge on any atom is -0.492 e. The van der Waals surface area contributed by atoms with Gasteiger partial charge in [-0.15, -0.1) is 0 Å². The molecule has 7 heteroatoms. The van der Waals surface area contributed by atoms with Crippen molar-refractivity contribution in [3.63, 3.8) is 0 Å². The van der Waals surface area contributed by atoms with Gasteiger partial charge in [0.15, 0.2) is 0 Å². The zero-order valence-corrected chi connectivity index (χ0v) is 17.6. The van der Waals surface area contributed by atoms with Crippen molar-refractivity contribution in [1.29, 1.82) is 0 Å². The number of hydrogen-bond donors (Lipinski definition) is 1. The minimum atomic E-state index is -0.728. The van der Waals surface area contributed by atoms with Crippen LogP contribution in [0.4, 0.5) is 5.69 Å². The van der Waals surface area contributed by atoms with E-state index in [9.17, 15) is 14.7 Å². The minimum absolute atomic E-state index is 0.0953. The highest BCUT2D eigenvalue weighted by atomic mass is 16.5. The first-order chi connectivity index (χ1) is 14.6. The van der Waals surface area contributed by atoms with E-state index in [1.165, 1.54) is 4.90 Å². The molecule has 2 aliphatic heterocycles. The summed E-state index contributed by atoms with van der Waals surface area (Å²) >= 11 is 0. The molecule has 3 unspecified atom stereocenters. The summed E-state index contributed by atoms with van der Waals surface area (Å²) in [5.41, 5.74) is 1.10. The van der Waals surface area contributed by atoms with Gasteiger partial charge in [0.05, 0.1) is 36.8 Å². The Kier molecular flexibility index (Phi) is 6.39. The van der Waals surface area contributed by atoms with Crippen LogP contribution in [0.15, 0.2) is 36.4 Å². The summed E-state index contributed by atoms with van der Waals surface area (Å²) in [6.07, 6.45) is 4.50. The van der Waals surface area contributed by atoms with Gasteiger partial charge in [0.1, 0.15) is 5.75 Å². The molecule has 3 atom stereocenters. The zero-order chi connectivity index (χ0) is 21.1. The molecule has 3 aliphatic rings. The van der Waals surface area contributed by atoms with Crippen LogP contribution in [0, 0.1) is 11.8 Å². The van der Waals surface area contributed by atoms with Crippen molar-refractivity contribution in [2.45, 2.75) is 25.9 Å². The Morgan fingerprint density at radius 2 is 1.63 bits per heavy atom. The fraction of sp³-hybridized carbons (Fsp3) is 0.565. The fourth-order valence-electron chi connectivity index (χ4n) is 4.78. The van der Waals surface area contributed by atoms with Crippen LogP contribution in [0.1, 0.15) is 19.8 Å². The van der Waals surface area contributed by atoms with Crippen LogP contribution in [0.5, 0.6) is 5.75 Å². The number of piperazine rings is 1. The van der Waals surface area contributed by atoms with E-state index in [4.69, 9.17) is 4.74 Å². The second-order valence-electron chi connectivity index (χ2n) is 8.29. The summed E-state index contributed by atoms with van der Waals surface area (Å²) in [6.45, 7) is 6.49. The van der Waals surface area contributed by atoms with Crippen LogP contribution >= 0.6 is 0 Å². The average molecular weight is 414 g/mol. The lowest BCUT2D eigenvalue weighted by molar-refractivity contribution is -0.141. The molecule has 7 nitrogen and oxygen atoms in total. The quantitative estimate of drug-likeness (QED) is 0.540. The van der Waals surface area contributed by atoms with Crippen LogP contribution in [0.3, 0.4) is 0 Å². The molecule has 0 bridgehead atoms. The number of anilines is 1. The second-order valence-corrected chi connectivity index (χ2v) is 8.29. The molecule has 0 saturated carbocycles. The number of ether oxygens (including phenoxy) is 1. The molecule has 2 fully saturated rings. The Hall–Kier alpha value is -2.38. The number of nitrogens with zero attached hydrogens (tertiary/aromatic N) is 3. The molecule has 0 radical (unpaired) electrons. The predicted molar refractivity (Wildman–Crippen MR) is 114 cm³/mol. The van der Waals surface area contributed by atoms with Crippen molar-refractivity contribution >= 4 is 17.5 Å². The van der Waals surface area contributed by atoms with Crippen molar-refractivity contribution in [3.8, 4) is 5.75 Å². The number of fused-ring (bicyclic) bond motifs is 1. The number of aliphatic hydroxyl groups is 1. The van der Waals surface area contributed by atoms with E-state index in [1.54, 1.807) is 0 Å². The van der Waals surface area contributed by atoms with Gasteiger partial charge in [0.2, 0.25) is 11.8 Å². The number of imide groups is 1. The number of β-amino-alcohol motifs (C(OH)–C–C–N with tert-alkyl or cyclic N) is 1. The van der Waals surface area contributed by atoms with Crippen molar-refractivity contribution < 1.29 is 19.4 Å². The first kappa shape index (κ1) is 20.9. The van der Waals surface area contributed by atoms with E-state index in [2.05, 4.69) is 15.9 Å². The summed E-state index contributed by atoms with van der Waals surface area (Å²) in [7, 11) is 0. The number of likely N-dealkylation sites (tertiary alicyclic amines) is 1. The van der Waals surface area contributed by atoms with E-state index < -0.39 is 6.10 Å². The van der Waals surface area contributed by atoms with Crippen LogP contribution < -0.4 is 9.64 Å². The highest BCUT2D eigenvalue weighted by molar-refractivity contribution is 6.05. The van der Waals surface area contributed by atoms with Gasteiger partial charge >= 0.3 is 0 Å². The molecule has 1 aromatic carbocycles. The van der Waals surface area contributed by atoms with Crippen LogP contribution in [0.25, 0.3) is 0 Å². The second kappa shape index (κ2) is 9.18. The topological polar surface area (TPSA) is 73.3 Å². The van der Waals surface area contributed by atoms with Crippen LogP contribution in [-0.4, -0.2) is 78.7 Å². The van der Waals surface area contributed by atoms with Gasteiger partial charge in [-0.2, -0.15) is 0 Å². The summed E-state index contributed by atoms with van der Waals surface area (Å²) < 4.78 is 5.75. The van der Waals surface area contributed by atoms with Crippen LogP contribution in [-0.2, 0) is 9.59 Å². The summed E-state index contributed by atoms with van der Waals surface area (Å²) in [5, 5.41) is 10.6. The maximum absolute atomic E-state index is 12.6. The van der Waals surface area contributed by atoms with Gasteiger partial charge in [-0.25, -0.2) is 0 Å². The Labute approximate surface area is 177 Å². The monoisotopic (exact) mass is 413 g/mol. The van der Waals surface area contributed by atoms with E-state index in [1.807, 2.05) is 37.3 Å². The van der Waals surface area contributed by atoms with Gasteiger partial charge in [0, 0.05) is 32.7 Å². The Morgan fingerprint density at radius 1 is 1.00 bits per heavy atom. The molecule has 2 saturated heterocycles. The lowest BCUT2D eigenvalue weighted by Crippen LogP contribution is -2.50. The number of benzene rings is 1. The molecule has 0 aromatic heterocycles. The molecule has 162 valence electrons. The van der Waals surface area contributed by atoms with Crippen molar-refractivity contribution in [1.82, 2.24) is 9.80 Å². The maximum Gasteiger partial charge on any atom is 0.233 e. The third-order valence-electron chi connectivity index (χ3n) is 6.34. The van der Waals surface area contributed by atoms with E-state index in [-0.39, 0.29) is 30.2 Å². The highest BCUT2D eigenvalue weighted by Gasteiger charge is 2.47. The molecule has 2 heterocycles. The molecular formula is C23H31N3O4. The van der Waals surface area contributed by atoms with Crippen molar-refractivity contribution in [2.24, 2.45) is 11.8 Å². The standard InChI is InChI=1S/C23H31N3O4/c1-2-30-21-10-6-5-9-20(21)25-13-11-24(12-14-25)15-17(27)16-26-22(28)18-7-3-4-8-19(18)23(26)29/h3-6,9-10,17-19,27H,2,7-8,11-16H2,1H3. The fourth-order valence-corrected chi connectivity index (χ4v) is 4.78. The number of hydrogen-bond acceptors (Lipinski definition) is 6. The SMILES string of the molecule is CCOc1ccccc1N1CCN(CC(O)CN2C(=O)C3CC=CCC3C2=O)CC1. The van der Waals surface area contributed by atoms with Gasteiger partial charge in [-0.1, -0.05) is 24.3 Å². The summed E-state index contributed by atoms with van der Waals surface area (Å²) in [5.74, 6) is 0.194. The normalized spacial score (nSPS) is 25.5. The molecule has 30 heavy (non-hydrogen) atoms. The molecular weight excluding hydrogens is 382 g/mol. The Morgan fingerprint density at radius 3 is 2.27 bits per heavy atom. The molecule has 0 spiro atoms. The number of aliphatic hydroxyl groups excluding tert-OH is 1. The Balaban J connectivity index is 1.28.